The summed E-state index contributed by atoms with van der Waals surface area (Å²) in [5, 5.41) is 3.08. The van der Waals surface area contributed by atoms with E-state index in [4.69, 9.17) is 10.5 Å². The average Bonchev–Trinajstić information content (AvgIpc) is 2.61. The first-order valence-electron chi connectivity index (χ1n) is 9.28. The summed E-state index contributed by atoms with van der Waals surface area (Å²) in [7, 11) is 1.73. The van der Waals surface area contributed by atoms with Gasteiger partial charge in [-0.15, -0.1) is 24.0 Å². The van der Waals surface area contributed by atoms with Crippen LogP contribution in [0.15, 0.2) is 53.5 Å². The standard InChI is InChI=1S/C22H30N4O2.HI/c1-16-6-12-19(13-7-16)25-20(23)24-14-17-8-10-18(11-9-17)15-26(5)21(27)28-22(2,3)4;/h6-13H,14-15H2,1-5H3,(H3,23,24,25);1H. The zero-order chi connectivity index (χ0) is 20.7. The van der Waals surface area contributed by atoms with E-state index in [1.165, 1.54) is 5.56 Å². The van der Waals surface area contributed by atoms with Gasteiger partial charge in [-0.1, -0.05) is 42.0 Å². The lowest BCUT2D eigenvalue weighted by Crippen LogP contribution is -2.33. The smallest absolute Gasteiger partial charge is 0.410 e. The number of carbonyl (C=O) groups is 1. The van der Waals surface area contributed by atoms with Crippen molar-refractivity contribution in [3.05, 3.63) is 65.2 Å². The Morgan fingerprint density at radius 2 is 1.62 bits per heavy atom. The van der Waals surface area contributed by atoms with E-state index in [1.54, 1.807) is 11.9 Å². The Kier molecular flexibility index (Phi) is 9.42. The Balaban J connectivity index is 0.00000420. The van der Waals surface area contributed by atoms with Crippen molar-refractivity contribution >= 4 is 41.7 Å². The maximum Gasteiger partial charge on any atom is 0.410 e. The molecule has 0 spiro atoms. The van der Waals surface area contributed by atoms with Crippen molar-refractivity contribution in [3.8, 4) is 0 Å². The molecule has 0 aliphatic carbocycles. The Morgan fingerprint density at radius 1 is 1.07 bits per heavy atom. The lowest BCUT2D eigenvalue weighted by Gasteiger charge is -2.24. The highest BCUT2D eigenvalue weighted by atomic mass is 127. The van der Waals surface area contributed by atoms with E-state index < -0.39 is 5.60 Å². The second-order valence-electron chi connectivity index (χ2n) is 7.85. The van der Waals surface area contributed by atoms with Gasteiger partial charge in [0.05, 0.1) is 6.54 Å². The summed E-state index contributed by atoms with van der Waals surface area (Å²) in [4.78, 5) is 18.0. The van der Waals surface area contributed by atoms with Crippen LogP contribution in [0.3, 0.4) is 0 Å². The molecule has 7 heteroatoms. The van der Waals surface area contributed by atoms with Crippen LogP contribution in [0, 0.1) is 6.92 Å². The van der Waals surface area contributed by atoms with Crippen molar-refractivity contribution in [2.24, 2.45) is 10.7 Å². The van der Waals surface area contributed by atoms with Crippen LogP contribution in [0.25, 0.3) is 0 Å². The third kappa shape index (κ3) is 9.17. The molecule has 2 rings (SSSR count). The van der Waals surface area contributed by atoms with Crippen molar-refractivity contribution in [1.29, 1.82) is 0 Å². The molecule has 0 fully saturated rings. The molecule has 2 aromatic rings. The SMILES string of the molecule is Cc1ccc(NC(N)=NCc2ccc(CN(C)C(=O)OC(C)(C)C)cc2)cc1.I. The topological polar surface area (TPSA) is 80.0 Å². The van der Waals surface area contributed by atoms with Crippen molar-refractivity contribution in [1.82, 2.24) is 4.90 Å². The number of guanidine groups is 1. The van der Waals surface area contributed by atoms with Gasteiger partial charge in [0.2, 0.25) is 0 Å². The maximum absolute atomic E-state index is 12.0. The van der Waals surface area contributed by atoms with E-state index in [2.05, 4.69) is 10.3 Å². The number of hydrogen-bond acceptors (Lipinski definition) is 3. The number of nitrogens with two attached hydrogens (primary N) is 1. The van der Waals surface area contributed by atoms with Gasteiger partial charge in [-0.2, -0.15) is 0 Å². The van der Waals surface area contributed by atoms with Gasteiger partial charge in [0, 0.05) is 19.3 Å². The molecule has 0 bridgehead atoms. The molecule has 0 atom stereocenters. The van der Waals surface area contributed by atoms with Crippen LogP contribution < -0.4 is 11.1 Å². The summed E-state index contributed by atoms with van der Waals surface area (Å²) >= 11 is 0. The first kappa shape index (κ1) is 24.7. The van der Waals surface area contributed by atoms with E-state index in [0.717, 1.165) is 16.8 Å². The lowest BCUT2D eigenvalue weighted by molar-refractivity contribution is 0.0285. The number of halogens is 1. The summed E-state index contributed by atoms with van der Waals surface area (Å²) < 4.78 is 5.36. The van der Waals surface area contributed by atoms with Crippen LogP contribution in [0.4, 0.5) is 10.5 Å². The monoisotopic (exact) mass is 510 g/mol. The molecule has 0 aliphatic heterocycles. The van der Waals surface area contributed by atoms with Crippen molar-refractivity contribution in [3.63, 3.8) is 0 Å². The molecule has 0 heterocycles. The highest BCUT2D eigenvalue weighted by Gasteiger charge is 2.19. The van der Waals surface area contributed by atoms with E-state index >= 15 is 0 Å². The normalized spacial score (nSPS) is 11.4. The summed E-state index contributed by atoms with van der Waals surface area (Å²) in [5.41, 5.74) is 9.61. The molecule has 0 aliphatic rings. The highest BCUT2D eigenvalue weighted by molar-refractivity contribution is 14.0. The van der Waals surface area contributed by atoms with Crippen LogP contribution in [0.2, 0.25) is 0 Å². The van der Waals surface area contributed by atoms with Gasteiger partial charge in [-0.25, -0.2) is 9.79 Å². The molecule has 0 aromatic heterocycles. The zero-order valence-corrected chi connectivity index (χ0v) is 20.1. The number of benzene rings is 2. The highest BCUT2D eigenvalue weighted by Crippen LogP contribution is 2.13. The predicted molar refractivity (Wildman–Crippen MR) is 130 cm³/mol. The van der Waals surface area contributed by atoms with E-state index in [1.807, 2.05) is 76.2 Å². The number of carbonyl (C=O) groups excluding carboxylic acids is 1. The molecule has 1 amide bonds. The third-order valence-electron chi connectivity index (χ3n) is 3.90. The van der Waals surface area contributed by atoms with Gasteiger partial charge in [-0.05, 0) is 51.0 Å². The van der Waals surface area contributed by atoms with E-state index in [0.29, 0.717) is 19.0 Å². The van der Waals surface area contributed by atoms with Crippen LogP contribution in [0.1, 0.15) is 37.5 Å². The molecule has 0 saturated heterocycles. The Labute approximate surface area is 190 Å². The quantitative estimate of drug-likeness (QED) is 0.341. The van der Waals surface area contributed by atoms with Crippen LogP contribution in [-0.2, 0) is 17.8 Å². The summed E-state index contributed by atoms with van der Waals surface area (Å²) in [6.07, 6.45) is -0.337. The molecular formula is C22H31IN4O2. The lowest BCUT2D eigenvalue weighted by atomic mass is 10.1. The number of ether oxygens (including phenoxy) is 1. The summed E-state index contributed by atoms with van der Waals surface area (Å²) in [5.74, 6) is 0.373. The van der Waals surface area contributed by atoms with Gasteiger partial charge in [-0.3, -0.25) is 0 Å². The fraction of sp³-hybridized carbons (Fsp3) is 0.364. The molecule has 158 valence electrons. The van der Waals surface area contributed by atoms with Gasteiger partial charge < -0.3 is 20.7 Å². The first-order chi connectivity index (χ1) is 13.1. The van der Waals surface area contributed by atoms with Crippen LogP contribution in [-0.4, -0.2) is 29.6 Å². The van der Waals surface area contributed by atoms with Gasteiger partial charge in [0.1, 0.15) is 5.60 Å². The number of nitrogens with one attached hydrogen (secondary N) is 1. The molecule has 0 saturated carbocycles. The van der Waals surface area contributed by atoms with Crippen LogP contribution >= 0.6 is 24.0 Å². The fourth-order valence-electron chi connectivity index (χ4n) is 2.43. The largest absolute Gasteiger partial charge is 0.444 e. The predicted octanol–water partition coefficient (Wildman–Crippen LogP) is 4.91. The number of aryl methyl sites for hydroxylation is 1. The number of hydrogen-bond donors (Lipinski definition) is 2. The number of rotatable bonds is 5. The van der Waals surface area contributed by atoms with Crippen molar-refractivity contribution in [2.45, 2.75) is 46.4 Å². The molecule has 0 unspecified atom stereocenters. The minimum absolute atomic E-state index is 0. The third-order valence-corrected chi connectivity index (χ3v) is 3.90. The van der Waals surface area contributed by atoms with E-state index in [9.17, 15) is 4.79 Å². The van der Waals surface area contributed by atoms with Crippen molar-refractivity contribution in [2.75, 3.05) is 12.4 Å². The summed E-state index contributed by atoms with van der Waals surface area (Å²) in [6.45, 7) is 8.56. The minimum Gasteiger partial charge on any atom is -0.444 e. The second-order valence-corrected chi connectivity index (χ2v) is 7.85. The molecule has 2 aromatic carbocycles. The molecule has 29 heavy (non-hydrogen) atoms. The number of amides is 1. The van der Waals surface area contributed by atoms with Gasteiger partial charge >= 0.3 is 6.09 Å². The molecule has 3 N–H and O–H groups in total. The zero-order valence-electron chi connectivity index (χ0n) is 17.7. The Hall–Kier alpha value is -2.29. The first-order valence-corrected chi connectivity index (χ1v) is 9.28. The van der Waals surface area contributed by atoms with Crippen LogP contribution in [0.5, 0.6) is 0 Å². The number of aliphatic imine (C=N–C) groups is 1. The molecule has 0 radical (unpaired) electrons. The fourth-order valence-corrected chi connectivity index (χ4v) is 2.43. The maximum atomic E-state index is 12.0. The van der Waals surface area contributed by atoms with E-state index in [-0.39, 0.29) is 30.1 Å². The second kappa shape index (κ2) is 11.0. The molecule has 6 nitrogen and oxygen atoms in total. The van der Waals surface area contributed by atoms with Gasteiger partial charge in [0.15, 0.2) is 5.96 Å². The number of anilines is 1. The van der Waals surface area contributed by atoms with Gasteiger partial charge in [0.25, 0.3) is 0 Å². The average molecular weight is 510 g/mol. The van der Waals surface area contributed by atoms with Crippen molar-refractivity contribution < 1.29 is 9.53 Å². The minimum atomic E-state index is -0.500. The summed E-state index contributed by atoms with van der Waals surface area (Å²) in [6, 6.07) is 15.9. The Bertz CT molecular complexity index is 812. The Morgan fingerprint density at radius 3 is 2.17 bits per heavy atom. The molecular weight excluding hydrogens is 479 g/mol. The number of nitrogens with zero attached hydrogens (tertiary/aromatic N) is 2.